The molecule has 0 radical (unpaired) electrons. The molecule has 0 spiro atoms. The first-order chi connectivity index (χ1) is 5.04. The van der Waals surface area contributed by atoms with Crippen molar-refractivity contribution in [3.8, 4) is 0 Å². The monoisotopic (exact) mass is 150 g/mol. The van der Waals surface area contributed by atoms with Crippen LogP contribution in [0.1, 0.15) is 20.8 Å². The van der Waals surface area contributed by atoms with E-state index in [9.17, 15) is 9.59 Å². The molecule has 0 fully saturated rings. The van der Waals surface area contributed by atoms with E-state index in [4.69, 9.17) is 0 Å². The van der Waals surface area contributed by atoms with Gasteiger partial charge >= 0.3 is 0 Å². The zero-order valence-corrected chi connectivity index (χ0v) is 6.89. The average Bonchev–Trinajstić information content (AvgIpc) is 1.97. The molecule has 0 aromatic rings. The number of Topliss-reactive ketones (excluding diaryl/α,β-unsaturated/α-hetero) is 1. The molecule has 0 N–H and O–H groups in total. The van der Waals surface area contributed by atoms with Gasteiger partial charge in [0.2, 0.25) is 11.6 Å². The number of rotatable bonds is 0. The SMILES string of the molecule is CC1=CC(=O)C(=O)C(C)=C1C. The molecule has 0 saturated heterocycles. The largest absolute Gasteiger partial charge is 0.286 e. The molecule has 58 valence electrons. The van der Waals surface area contributed by atoms with E-state index < -0.39 is 5.78 Å². The Labute approximate surface area is 65.6 Å². The first-order valence-corrected chi connectivity index (χ1v) is 3.49. The predicted octanol–water partition coefficient (Wildman–Crippen LogP) is 1.42. The van der Waals surface area contributed by atoms with Crippen molar-refractivity contribution in [2.24, 2.45) is 0 Å². The van der Waals surface area contributed by atoms with E-state index >= 15 is 0 Å². The third kappa shape index (κ3) is 1.16. The van der Waals surface area contributed by atoms with Gasteiger partial charge in [-0.15, -0.1) is 0 Å². The Balaban J connectivity index is 3.22. The first kappa shape index (κ1) is 7.92. The van der Waals surface area contributed by atoms with Crippen LogP contribution in [0, 0.1) is 0 Å². The van der Waals surface area contributed by atoms with E-state index in [2.05, 4.69) is 0 Å². The van der Waals surface area contributed by atoms with E-state index in [1.165, 1.54) is 6.08 Å². The molecule has 0 aromatic heterocycles. The van der Waals surface area contributed by atoms with Crippen LogP contribution in [0.2, 0.25) is 0 Å². The summed E-state index contributed by atoms with van der Waals surface area (Å²) in [5.74, 6) is -0.765. The maximum Gasteiger partial charge on any atom is 0.228 e. The highest BCUT2D eigenvalue weighted by Crippen LogP contribution is 2.19. The molecule has 0 aromatic carbocycles. The molecular formula is C9H10O2. The standard InChI is InChI=1S/C9H10O2/c1-5-4-8(10)9(11)7(3)6(5)2/h4H,1-3H3. The van der Waals surface area contributed by atoms with Crippen LogP contribution in [0.25, 0.3) is 0 Å². The summed E-state index contributed by atoms with van der Waals surface area (Å²) in [5.41, 5.74) is 2.40. The second-order valence-corrected chi connectivity index (χ2v) is 2.77. The molecule has 2 heteroatoms. The van der Waals surface area contributed by atoms with Gasteiger partial charge in [0.15, 0.2) is 0 Å². The van der Waals surface area contributed by atoms with Gasteiger partial charge in [-0.25, -0.2) is 0 Å². The normalized spacial score (nSPS) is 19.0. The van der Waals surface area contributed by atoms with Gasteiger partial charge < -0.3 is 0 Å². The molecular weight excluding hydrogens is 140 g/mol. The minimum absolute atomic E-state index is 0.367. The minimum Gasteiger partial charge on any atom is -0.286 e. The lowest BCUT2D eigenvalue weighted by atomic mass is 9.92. The van der Waals surface area contributed by atoms with Crippen molar-refractivity contribution in [2.75, 3.05) is 0 Å². The van der Waals surface area contributed by atoms with Crippen molar-refractivity contribution < 1.29 is 9.59 Å². The van der Waals surface area contributed by atoms with Crippen molar-refractivity contribution in [1.82, 2.24) is 0 Å². The third-order valence-corrected chi connectivity index (χ3v) is 2.07. The zero-order valence-electron chi connectivity index (χ0n) is 6.89. The number of ketones is 2. The smallest absolute Gasteiger partial charge is 0.228 e. The van der Waals surface area contributed by atoms with Crippen molar-refractivity contribution in [3.63, 3.8) is 0 Å². The molecule has 0 amide bonds. The molecule has 1 aliphatic rings. The zero-order chi connectivity index (χ0) is 8.59. The number of allylic oxidation sites excluding steroid dienone is 4. The van der Waals surface area contributed by atoms with E-state index in [-0.39, 0.29) is 5.78 Å². The van der Waals surface area contributed by atoms with Gasteiger partial charge in [-0.05, 0) is 38.0 Å². The Morgan fingerprint density at radius 1 is 1.00 bits per heavy atom. The summed E-state index contributed by atoms with van der Waals surface area (Å²) in [6.07, 6.45) is 1.39. The maximum atomic E-state index is 11.0. The fourth-order valence-corrected chi connectivity index (χ4v) is 1.02. The highest BCUT2D eigenvalue weighted by molar-refractivity contribution is 6.48. The summed E-state index contributed by atoms with van der Waals surface area (Å²) in [6.45, 7) is 5.38. The van der Waals surface area contributed by atoms with Crippen molar-refractivity contribution in [2.45, 2.75) is 20.8 Å². The summed E-state index contributed by atoms with van der Waals surface area (Å²) in [7, 11) is 0. The summed E-state index contributed by atoms with van der Waals surface area (Å²) in [4.78, 5) is 21.9. The lowest BCUT2D eigenvalue weighted by Gasteiger charge is -2.10. The molecule has 0 bridgehead atoms. The highest BCUT2D eigenvalue weighted by Gasteiger charge is 2.20. The number of carbonyl (C=O) groups is 2. The first-order valence-electron chi connectivity index (χ1n) is 3.49. The van der Waals surface area contributed by atoms with Crippen molar-refractivity contribution >= 4 is 11.6 Å². The highest BCUT2D eigenvalue weighted by atomic mass is 16.2. The maximum absolute atomic E-state index is 11.0. The Hall–Kier alpha value is -1.18. The quantitative estimate of drug-likeness (QED) is 0.386. The molecule has 0 aliphatic heterocycles. The van der Waals surface area contributed by atoms with E-state index in [0.29, 0.717) is 5.57 Å². The topological polar surface area (TPSA) is 34.1 Å². The molecule has 2 nitrogen and oxygen atoms in total. The number of hydrogen-bond acceptors (Lipinski definition) is 2. The van der Waals surface area contributed by atoms with Crippen molar-refractivity contribution in [3.05, 3.63) is 22.8 Å². The van der Waals surface area contributed by atoms with Gasteiger partial charge in [0.1, 0.15) is 0 Å². The van der Waals surface area contributed by atoms with Gasteiger partial charge in [-0.3, -0.25) is 9.59 Å². The molecule has 1 aliphatic carbocycles. The molecule has 0 heterocycles. The van der Waals surface area contributed by atoms with Crippen LogP contribution < -0.4 is 0 Å². The Kier molecular flexibility index (Phi) is 1.77. The Morgan fingerprint density at radius 3 is 2.09 bits per heavy atom. The third-order valence-electron chi connectivity index (χ3n) is 2.07. The predicted molar refractivity (Wildman–Crippen MR) is 42.1 cm³/mol. The average molecular weight is 150 g/mol. The van der Waals surface area contributed by atoms with Gasteiger partial charge in [0, 0.05) is 5.57 Å². The molecule has 1 rings (SSSR count). The summed E-state index contributed by atoms with van der Waals surface area (Å²) >= 11 is 0. The van der Waals surface area contributed by atoms with E-state index in [0.717, 1.165) is 11.1 Å². The van der Waals surface area contributed by atoms with E-state index in [1.54, 1.807) is 6.92 Å². The van der Waals surface area contributed by atoms with Crippen LogP contribution in [-0.4, -0.2) is 11.6 Å². The molecule has 0 atom stereocenters. The molecule has 0 unspecified atom stereocenters. The minimum atomic E-state index is -0.398. The Bertz CT molecular complexity index is 293. The number of carbonyl (C=O) groups excluding carboxylic acids is 2. The van der Waals surface area contributed by atoms with Crippen LogP contribution in [0.4, 0.5) is 0 Å². The Morgan fingerprint density at radius 2 is 1.55 bits per heavy atom. The van der Waals surface area contributed by atoms with Crippen LogP contribution in [0.15, 0.2) is 22.8 Å². The van der Waals surface area contributed by atoms with Crippen LogP contribution in [0.5, 0.6) is 0 Å². The van der Waals surface area contributed by atoms with Crippen LogP contribution in [-0.2, 0) is 9.59 Å². The van der Waals surface area contributed by atoms with Gasteiger partial charge in [0.25, 0.3) is 0 Å². The summed E-state index contributed by atoms with van der Waals surface area (Å²) in [6, 6.07) is 0. The van der Waals surface area contributed by atoms with Crippen LogP contribution in [0.3, 0.4) is 0 Å². The van der Waals surface area contributed by atoms with Crippen LogP contribution >= 0.6 is 0 Å². The molecule has 0 saturated carbocycles. The summed E-state index contributed by atoms with van der Waals surface area (Å²) < 4.78 is 0. The van der Waals surface area contributed by atoms with Gasteiger partial charge in [-0.1, -0.05) is 0 Å². The lowest BCUT2D eigenvalue weighted by molar-refractivity contribution is -0.131. The van der Waals surface area contributed by atoms with Crippen molar-refractivity contribution in [1.29, 1.82) is 0 Å². The number of hydrogen-bond donors (Lipinski definition) is 0. The van der Waals surface area contributed by atoms with Gasteiger partial charge in [0.05, 0.1) is 0 Å². The summed E-state index contributed by atoms with van der Waals surface area (Å²) in [5, 5.41) is 0. The fourth-order valence-electron chi connectivity index (χ4n) is 1.02. The molecule has 11 heavy (non-hydrogen) atoms. The lowest BCUT2D eigenvalue weighted by Crippen LogP contribution is -2.18. The van der Waals surface area contributed by atoms with Gasteiger partial charge in [-0.2, -0.15) is 0 Å². The second-order valence-electron chi connectivity index (χ2n) is 2.77. The fraction of sp³-hybridized carbons (Fsp3) is 0.333. The second kappa shape index (κ2) is 2.46. The van der Waals surface area contributed by atoms with E-state index in [1.807, 2.05) is 13.8 Å².